The molecular formula is C26H25BN2O6. The minimum absolute atomic E-state index is 0.00488. The molecule has 0 radical (unpaired) electrons. The van der Waals surface area contributed by atoms with E-state index in [1.165, 1.54) is 23.3 Å². The highest BCUT2D eigenvalue weighted by molar-refractivity contribution is 6.58. The molecule has 5 rings (SSSR count). The Morgan fingerprint density at radius 2 is 1.49 bits per heavy atom. The summed E-state index contributed by atoms with van der Waals surface area (Å²) in [5, 5.41) is 28.4. The molecule has 1 aliphatic carbocycles. The Morgan fingerprint density at radius 1 is 0.886 bits per heavy atom. The molecule has 0 aromatic heterocycles. The van der Waals surface area contributed by atoms with E-state index >= 15 is 0 Å². The third kappa shape index (κ3) is 4.48. The monoisotopic (exact) mass is 472 g/mol. The fourth-order valence-electron chi connectivity index (χ4n) is 4.92. The van der Waals surface area contributed by atoms with E-state index < -0.39 is 13.1 Å². The zero-order chi connectivity index (χ0) is 24.5. The number of rotatable bonds is 5. The van der Waals surface area contributed by atoms with Crippen LogP contribution in [-0.4, -0.2) is 72.0 Å². The number of ether oxygens (including phenoxy) is 1. The fourth-order valence-corrected chi connectivity index (χ4v) is 4.92. The predicted octanol–water partition coefficient (Wildman–Crippen LogP) is 2.14. The SMILES string of the molecule is O=C(O)c1cc(B(O)O)cc(N2CCN(C(=O)OCC3c4ccccc4-c4ccccc43)CC2)c1. The van der Waals surface area contributed by atoms with Gasteiger partial charge in [0.2, 0.25) is 0 Å². The number of nitrogens with zero attached hydrogens (tertiary/aromatic N) is 2. The lowest BCUT2D eigenvalue weighted by Crippen LogP contribution is -2.49. The van der Waals surface area contributed by atoms with Gasteiger partial charge >= 0.3 is 19.2 Å². The summed E-state index contributed by atoms with van der Waals surface area (Å²) in [5.74, 6) is -1.15. The van der Waals surface area contributed by atoms with Gasteiger partial charge in [-0.3, -0.25) is 0 Å². The van der Waals surface area contributed by atoms with Crippen molar-refractivity contribution in [2.45, 2.75) is 5.92 Å². The Balaban J connectivity index is 1.23. The largest absolute Gasteiger partial charge is 0.488 e. The van der Waals surface area contributed by atoms with Gasteiger partial charge in [0.1, 0.15) is 6.61 Å². The van der Waals surface area contributed by atoms with Crippen LogP contribution >= 0.6 is 0 Å². The van der Waals surface area contributed by atoms with E-state index in [1.807, 2.05) is 29.2 Å². The van der Waals surface area contributed by atoms with Crippen molar-refractivity contribution in [3.05, 3.63) is 83.4 Å². The van der Waals surface area contributed by atoms with Crippen LogP contribution < -0.4 is 10.4 Å². The van der Waals surface area contributed by atoms with E-state index in [-0.39, 0.29) is 29.6 Å². The molecule has 9 heteroatoms. The molecule has 178 valence electrons. The summed E-state index contributed by atoms with van der Waals surface area (Å²) >= 11 is 0. The molecule has 0 spiro atoms. The predicted molar refractivity (Wildman–Crippen MR) is 132 cm³/mol. The molecule has 3 aromatic carbocycles. The van der Waals surface area contributed by atoms with Crippen LogP contribution in [0.2, 0.25) is 0 Å². The molecule has 1 saturated heterocycles. The number of aromatic carboxylic acids is 1. The number of carbonyl (C=O) groups excluding carboxylic acids is 1. The molecule has 8 nitrogen and oxygen atoms in total. The van der Waals surface area contributed by atoms with Crippen molar-refractivity contribution in [3.8, 4) is 11.1 Å². The average Bonchev–Trinajstić information content (AvgIpc) is 3.20. The summed E-state index contributed by atoms with van der Waals surface area (Å²) in [6.07, 6.45) is -0.378. The number of carboxylic acids is 1. The van der Waals surface area contributed by atoms with Gasteiger partial charge < -0.3 is 29.7 Å². The smallest absolute Gasteiger partial charge is 0.478 e. The summed E-state index contributed by atoms with van der Waals surface area (Å²) in [4.78, 5) is 27.9. The number of piperazine rings is 1. The Hall–Kier alpha value is -3.82. The van der Waals surface area contributed by atoms with Gasteiger partial charge in [0.25, 0.3) is 0 Å². The first-order valence-electron chi connectivity index (χ1n) is 11.5. The van der Waals surface area contributed by atoms with Crippen molar-refractivity contribution in [2.24, 2.45) is 0 Å². The van der Waals surface area contributed by atoms with Crippen LogP contribution in [0.1, 0.15) is 27.4 Å². The van der Waals surface area contributed by atoms with Gasteiger partial charge in [-0.1, -0.05) is 48.5 Å². The van der Waals surface area contributed by atoms with Crippen LogP contribution in [0.3, 0.4) is 0 Å². The summed E-state index contributed by atoms with van der Waals surface area (Å²) < 4.78 is 5.75. The van der Waals surface area contributed by atoms with Crippen molar-refractivity contribution < 1.29 is 29.5 Å². The second-order valence-corrected chi connectivity index (χ2v) is 8.77. The van der Waals surface area contributed by atoms with Gasteiger partial charge in [-0.05, 0) is 45.9 Å². The van der Waals surface area contributed by atoms with E-state index in [2.05, 4.69) is 24.3 Å². The van der Waals surface area contributed by atoms with Crippen molar-refractivity contribution in [3.63, 3.8) is 0 Å². The van der Waals surface area contributed by atoms with Crippen LogP contribution in [0.5, 0.6) is 0 Å². The van der Waals surface area contributed by atoms with E-state index in [1.54, 1.807) is 11.0 Å². The van der Waals surface area contributed by atoms with Gasteiger partial charge in [0.15, 0.2) is 0 Å². The van der Waals surface area contributed by atoms with Crippen LogP contribution in [0, 0.1) is 0 Å². The summed E-state index contributed by atoms with van der Waals surface area (Å²) in [6, 6.07) is 20.7. The maximum absolute atomic E-state index is 12.9. The second-order valence-electron chi connectivity index (χ2n) is 8.77. The molecule has 0 unspecified atom stereocenters. The van der Waals surface area contributed by atoms with Crippen molar-refractivity contribution in [1.29, 1.82) is 0 Å². The highest BCUT2D eigenvalue weighted by Crippen LogP contribution is 2.44. The summed E-state index contributed by atoms with van der Waals surface area (Å²) in [5.41, 5.74) is 5.32. The number of carboxylic acid groups (broad SMARTS) is 1. The van der Waals surface area contributed by atoms with Crippen molar-refractivity contribution >= 4 is 30.3 Å². The van der Waals surface area contributed by atoms with Crippen LogP contribution in [0.4, 0.5) is 10.5 Å². The molecule has 1 fully saturated rings. The number of benzene rings is 3. The lowest BCUT2D eigenvalue weighted by molar-refractivity contribution is 0.0697. The zero-order valence-corrected chi connectivity index (χ0v) is 19.0. The van der Waals surface area contributed by atoms with E-state index in [4.69, 9.17) is 4.74 Å². The number of amides is 1. The Morgan fingerprint density at radius 3 is 2.06 bits per heavy atom. The molecule has 3 aromatic rings. The molecule has 2 aliphatic rings. The number of hydrogen-bond acceptors (Lipinski definition) is 6. The molecule has 1 amide bonds. The average molecular weight is 472 g/mol. The van der Waals surface area contributed by atoms with Crippen LogP contribution in [0.25, 0.3) is 11.1 Å². The van der Waals surface area contributed by atoms with E-state index in [0.717, 1.165) is 11.1 Å². The summed E-state index contributed by atoms with van der Waals surface area (Å²) in [7, 11) is -1.77. The van der Waals surface area contributed by atoms with Crippen LogP contribution in [-0.2, 0) is 4.74 Å². The number of anilines is 1. The molecule has 1 heterocycles. The van der Waals surface area contributed by atoms with Gasteiger partial charge in [0.05, 0.1) is 5.56 Å². The van der Waals surface area contributed by atoms with Gasteiger partial charge in [0, 0.05) is 37.8 Å². The Labute approximate surface area is 203 Å². The van der Waals surface area contributed by atoms with Gasteiger partial charge in [-0.15, -0.1) is 0 Å². The first kappa shape index (κ1) is 23.0. The quantitative estimate of drug-likeness (QED) is 0.488. The number of hydrogen-bond donors (Lipinski definition) is 3. The molecule has 0 atom stereocenters. The Bertz CT molecular complexity index is 1230. The number of fused-ring (bicyclic) bond motifs is 3. The standard InChI is InChI=1S/C26H25BN2O6/c30-25(31)17-13-18(27(33)34)15-19(14-17)28-9-11-29(12-10-28)26(32)35-16-24-22-7-3-1-5-20(22)21-6-2-4-8-23(21)24/h1-8,13-15,24,33-34H,9-12,16H2,(H,30,31). The number of carbonyl (C=O) groups is 2. The van der Waals surface area contributed by atoms with Crippen molar-refractivity contribution in [1.82, 2.24) is 4.90 Å². The van der Waals surface area contributed by atoms with E-state index in [0.29, 0.717) is 31.9 Å². The molecule has 3 N–H and O–H groups in total. The fraction of sp³-hybridized carbons (Fsp3) is 0.231. The van der Waals surface area contributed by atoms with Crippen LogP contribution in [0.15, 0.2) is 66.7 Å². The first-order valence-corrected chi connectivity index (χ1v) is 11.5. The zero-order valence-electron chi connectivity index (χ0n) is 19.0. The lowest BCUT2D eigenvalue weighted by atomic mass is 9.79. The van der Waals surface area contributed by atoms with Crippen molar-refractivity contribution in [2.75, 3.05) is 37.7 Å². The molecular weight excluding hydrogens is 447 g/mol. The third-order valence-electron chi connectivity index (χ3n) is 6.72. The topological polar surface area (TPSA) is 111 Å². The van der Waals surface area contributed by atoms with Gasteiger partial charge in [-0.25, -0.2) is 9.59 Å². The maximum Gasteiger partial charge on any atom is 0.488 e. The Kier molecular flexibility index (Phi) is 6.19. The molecule has 35 heavy (non-hydrogen) atoms. The molecule has 0 saturated carbocycles. The highest BCUT2D eigenvalue weighted by atomic mass is 16.6. The van der Waals surface area contributed by atoms with Gasteiger partial charge in [-0.2, -0.15) is 0 Å². The minimum Gasteiger partial charge on any atom is -0.478 e. The normalized spacial score (nSPS) is 14.9. The summed E-state index contributed by atoms with van der Waals surface area (Å²) in [6.45, 7) is 2.00. The molecule has 1 aliphatic heterocycles. The maximum atomic E-state index is 12.9. The first-order chi connectivity index (χ1) is 16.9. The molecule has 0 bridgehead atoms. The minimum atomic E-state index is -1.77. The second kappa shape index (κ2) is 9.44. The lowest BCUT2D eigenvalue weighted by Gasteiger charge is -2.36. The van der Waals surface area contributed by atoms with E-state index in [9.17, 15) is 24.7 Å². The third-order valence-corrected chi connectivity index (χ3v) is 6.72. The highest BCUT2D eigenvalue weighted by Gasteiger charge is 2.30.